The van der Waals surface area contributed by atoms with Gasteiger partial charge in [-0.2, -0.15) is 4.31 Å². The summed E-state index contributed by atoms with van der Waals surface area (Å²) in [4.78, 5) is 25.6. The number of benzene rings is 2. The molecule has 2 amide bonds. The third-order valence-electron chi connectivity index (χ3n) is 6.71. The molecular weight excluding hydrogens is 457 g/mol. The van der Waals surface area contributed by atoms with Crippen LogP contribution in [0.5, 0.6) is 0 Å². The fraction of sp³-hybridized carbons (Fsp3) is 0.440. The van der Waals surface area contributed by atoms with Gasteiger partial charge < -0.3 is 10.6 Å². The van der Waals surface area contributed by atoms with E-state index in [1.807, 2.05) is 18.2 Å². The molecule has 9 heteroatoms. The molecular formula is C25H30FN3O4S. The monoisotopic (exact) mass is 487 g/mol. The number of piperidine rings is 1. The van der Waals surface area contributed by atoms with Crippen LogP contribution in [0.1, 0.15) is 49.8 Å². The van der Waals surface area contributed by atoms with Crippen molar-refractivity contribution in [2.24, 2.45) is 5.92 Å². The van der Waals surface area contributed by atoms with Gasteiger partial charge in [-0.3, -0.25) is 9.59 Å². The third-order valence-corrected chi connectivity index (χ3v) is 8.63. The summed E-state index contributed by atoms with van der Waals surface area (Å²) < 4.78 is 40.0. The van der Waals surface area contributed by atoms with Crippen molar-refractivity contribution < 1.29 is 22.4 Å². The maximum Gasteiger partial charge on any atom is 0.243 e. The summed E-state index contributed by atoms with van der Waals surface area (Å²) in [6, 6.07) is 12.1. The van der Waals surface area contributed by atoms with E-state index in [4.69, 9.17) is 0 Å². The smallest absolute Gasteiger partial charge is 0.243 e. The van der Waals surface area contributed by atoms with Gasteiger partial charge in [0.25, 0.3) is 0 Å². The summed E-state index contributed by atoms with van der Waals surface area (Å²) in [6.45, 7) is 2.05. The molecule has 1 saturated heterocycles. The zero-order valence-corrected chi connectivity index (χ0v) is 20.0. The molecule has 182 valence electrons. The first kappa shape index (κ1) is 24.3. The quantitative estimate of drug-likeness (QED) is 0.655. The summed E-state index contributed by atoms with van der Waals surface area (Å²) in [5.74, 6) is -1.34. The zero-order valence-electron chi connectivity index (χ0n) is 19.2. The first-order valence-corrected chi connectivity index (χ1v) is 13.1. The minimum atomic E-state index is -3.73. The number of rotatable bonds is 6. The number of amides is 2. The Kier molecular flexibility index (Phi) is 7.33. The molecule has 0 aromatic heterocycles. The number of nitrogens with zero attached hydrogens (tertiary/aromatic N) is 1. The third kappa shape index (κ3) is 5.31. The predicted molar refractivity (Wildman–Crippen MR) is 126 cm³/mol. The second kappa shape index (κ2) is 10.2. The summed E-state index contributed by atoms with van der Waals surface area (Å²) in [5, 5.41) is 5.86. The van der Waals surface area contributed by atoms with Gasteiger partial charge in [-0.05, 0) is 74.4 Å². The van der Waals surface area contributed by atoms with Crippen molar-refractivity contribution in [3.8, 4) is 0 Å². The molecule has 4 rings (SSSR count). The Morgan fingerprint density at radius 3 is 2.41 bits per heavy atom. The molecule has 0 radical (unpaired) electrons. The lowest BCUT2D eigenvalue weighted by molar-refractivity contribution is -0.131. The van der Waals surface area contributed by atoms with E-state index in [0.29, 0.717) is 12.8 Å². The van der Waals surface area contributed by atoms with Crippen LogP contribution in [-0.4, -0.2) is 43.7 Å². The number of nitrogens with one attached hydrogen (secondary N) is 2. The molecule has 2 aromatic carbocycles. The molecule has 1 aliphatic heterocycles. The van der Waals surface area contributed by atoms with Crippen molar-refractivity contribution in [2.75, 3.05) is 13.1 Å². The number of hydrogen-bond donors (Lipinski definition) is 2. The second-order valence-electron chi connectivity index (χ2n) is 9.01. The van der Waals surface area contributed by atoms with E-state index in [0.717, 1.165) is 37.0 Å². The molecule has 2 atom stereocenters. The zero-order chi connectivity index (χ0) is 24.3. The summed E-state index contributed by atoms with van der Waals surface area (Å²) in [6.07, 6.45) is 3.59. The Balaban J connectivity index is 1.29. The molecule has 1 aliphatic carbocycles. The number of carbonyl (C=O) groups excluding carboxylic acids is 2. The van der Waals surface area contributed by atoms with Crippen molar-refractivity contribution in [2.45, 2.75) is 56.0 Å². The van der Waals surface area contributed by atoms with Gasteiger partial charge in [0.2, 0.25) is 21.8 Å². The highest BCUT2D eigenvalue weighted by molar-refractivity contribution is 7.89. The molecule has 7 nitrogen and oxygen atoms in total. The second-order valence-corrected chi connectivity index (χ2v) is 11.0. The topological polar surface area (TPSA) is 95.6 Å². The molecule has 0 saturated carbocycles. The number of aryl methyl sites for hydroxylation is 1. The molecule has 2 aromatic rings. The lowest BCUT2D eigenvalue weighted by Gasteiger charge is -2.31. The minimum Gasteiger partial charge on any atom is -0.348 e. The molecule has 0 bridgehead atoms. The largest absolute Gasteiger partial charge is 0.348 e. The summed E-state index contributed by atoms with van der Waals surface area (Å²) >= 11 is 0. The van der Waals surface area contributed by atoms with Gasteiger partial charge in [-0.15, -0.1) is 0 Å². The Morgan fingerprint density at radius 1 is 1.03 bits per heavy atom. The van der Waals surface area contributed by atoms with Crippen LogP contribution in [0.25, 0.3) is 0 Å². The van der Waals surface area contributed by atoms with Crippen LogP contribution >= 0.6 is 0 Å². The Labute approximate surface area is 199 Å². The average molecular weight is 488 g/mol. The van der Waals surface area contributed by atoms with Crippen LogP contribution in [0.4, 0.5) is 4.39 Å². The van der Waals surface area contributed by atoms with Gasteiger partial charge >= 0.3 is 0 Å². The molecule has 2 aliphatic rings. The number of carbonyl (C=O) groups is 2. The van der Waals surface area contributed by atoms with E-state index in [-0.39, 0.29) is 41.8 Å². The molecule has 0 unspecified atom stereocenters. The lowest BCUT2D eigenvalue weighted by Crippen LogP contribution is -2.49. The summed E-state index contributed by atoms with van der Waals surface area (Å²) in [7, 11) is -3.73. The maximum atomic E-state index is 13.1. The van der Waals surface area contributed by atoms with E-state index in [2.05, 4.69) is 16.7 Å². The maximum absolute atomic E-state index is 13.1. The average Bonchev–Trinajstić information content (AvgIpc) is 2.84. The number of halogens is 1. The molecule has 1 fully saturated rings. The van der Waals surface area contributed by atoms with Gasteiger partial charge in [0, 0.05) is 19.0 Å². The van der Waals surface area contributed by atoms with Gasteiger partial charge in [-0.1, -0.05) is 24.3 Å². The van der Waals surface area contributed by atoms with Crippen LogP contribution in [0.15, 0.2) is 53.4 Å². The van der Waals surface area contributed by atoms with Crippen molar-refractivity contribution in [3.63, 3.8) is 0 Å². The highest BCUT2D eigenvalue weighted by Gasteiger charge is 2.33. The van der Waals surface area contributed by atoms with Gasteiger partial charge in [0.1, 0.15) is 11.9 Å². The van der Waals surface area contributed by atoms with Crippen LogP contribution in [-0.2, 0) is 26.0 Å². The molecule has 34 heavy (non-hydrogen) atoms. The Morgan fingerprint density at radius 2 is 1.71 bits per heavy atom. The molecule has 2 N–H and O–H groups in total. The van der Waals surface area contributed by atoms with Crippen molar-refractivity contribution in [1.29, 1.82) is 0 Å². The number of sulfonamides is 1. The predicted octanol–water partition coefficient (Wildman–Crippen LogP) is 2.92. The van der Waals surface area contributed by atoms with Gasteiger partial charge in [0.15, 0.2) is 0 Å². The number of fused-ring (bicyclic) bond motifs is 1. The first-order valence-electron chi connectivity index (χ1n) is 11.7. The van der Waals surface area contributed by atoms with E-state index < -0.39 is 21.9 Å². The highest BCUT2D eigenvalue weighted by Crippen LogP contribution is 2.29. The normalized spacial score (nSPS) is 20.2. The van der Waals surface area contributed by atoms with Crippen LogP contribution < -0.4 is 10.6 Å². The van der Waals surface area contributed by atoms with Crippen molar-refractivity contribution in [1.82, 2.24) is 14.9 Å². The Bertz CT molecular complexity index is 1150. The number of hydrogen-bond acceptors (Lipinski definition) is 4. The van der Waals surface area contributed by atoms with E-state index in [9.17, 15) is 22.4 Å². The van der Waals surface area contributed by atoms with E-state index >= 15 is 0 Å². The van der Waals surface area contributed by atoms with Crippen molar-refractivity contribution >= 4 is 21.8 Å². The Hall–Kier alpha value is -2.78. The summed E-state index contributed by atoms with van der Waals surface area (Å²) in [5.41, 5.74) is 2.38. The van der Waals surface area contributed by atoms with Crippen molar-refractivity contribution in [3.05, 3.63) is 65.5 Å². The fourth-order valence-corrected chi connectivity index (χ4v) is 6.18. The van der Waals surface area contributed by atoms with E-state index in [1.165, 1.54) is 22.0 Å². The first-order chi connectivity index (χ1) is 16.3. The molecule has 0 spiro atoms. The van der Waals surface area contributed by atoms with Gasteiger partial charge in [-0.25, -0.2) is 12.8 Å². The lowest BCUT2D eigenvalue weighted by atomic mass is 9.87. The standard InChI is InChI=1S/C25H30FN3O4S/c1-17(24(30)28-23-8-4-6-18-5-2-3-7-22(18)23)27-25(31)19-13-15-29(16-14-19)34(32,33)21-11-9-20(26)10-12-21/h2-3,5,7,9-12,17,19,23H,4,6,8,13-16H2,1H3,(H,27,31)(H,28,30)/t17-,23-/m0/s1. The van der Waals surface area contributed by atoms with Crippen LogP contribution in [0, 0.1) is 11.7 Å². The minimum absolute atomic E-state index is 0.0337. The fourth-order valence-electron chi connectivity index (χ4n) is 4.71. The molecule has 1 heterocycles. The highest BCUT2D eigenvalue weighted by atomic mass is 32.2. The SMILES string of the molecule is C[C@H](NC(=O)C1CCN(S(=O)(=O)c2ccc(F)cc2)CC1)C(=O)N[C@H]1CCCc2ccccc21. The van der Waals surface area contributed by atoms with Gasteiger partial charge in [0.05, 0.1) is 10.9 Å². The van der Waals surface area contributed by atoms with Crippen LogP contribution in [0.2, 0.25) is 0 Å². The van der Waals surface area contributed by atoms with E-state index in [1.54, 1.807) is 6.92 Å². The van der Waals surface area contributed by atoms with Crippen LogP contribution in [0.3, 0.4) is 0 Å².